The third-order valence-corrected chi connectivity index (χ3v) is 6.31. The summed E-state index contributed by atoms with van der Waals surface area (Å²) < 4.78 is 0. The summed E-state index contributed by atoms with van der Waals surface area (Å²) in [6.07, 6.45) is 9.21. The summed E-state index contributed by atoms with van der Waals surface area (Å²) in [5, 5.41) is 9.08. The van der Waals surface area contributed by atoms with Gasteiger partial charge in [0, 0.05) is 25.7 Å². The van der Waals surface area contributed by atoms with Crippen molar-refractivity contribution in [3.63, 3.8) is 0 Å². The number of hydrogen-bond acceptors (Lipinski definition) is 4. The molecule has 0 N–H and O–H groups in total. The van der Waals surface area contributed by atoms with Crippen molar-refractivity contribution in [1.82, 2.24) is 9.88 Å². The van der Waals surface area contributed by atoms with Crippen LogP contribution in [0.1, 0.15) is 57.1 Å². The first kappa shape index (κ1) is 16.4. The van der Waals surface area contributed by atoms with Gasteiger partial charge < -0.3 is 9.80 Å². The van der Waals surface area contributed by atoms with Crippen molar-refractivity contribution >= 4 is 11.7 Å². The number of anilines is 1. The van der Waals surface area contributed by atoms with Crippen LogP contribution in [-0.2, 0) is 4.79 Å². The Hall–Kier alpha value is -2.09. The molecular formula is C20H26N4O. The SMILES string of the molecule is N#Cc1cccc(N2CC[C@]3(CCCN(C4CCCCC4)C3=O)C2)n1. The lowest BCUT2D eigenvalue weighted by atomic mass is 9.77. The van der Waals surface area contributed by atoms with Gasteiger partial charge >= 0.3 is 0 Å². The molecule has 1 spiro atoms. The van der Waals surface area contributed by atoms with Gasteiger partial charge in [0.25, 0.3) is 0 Å². The Kier molecular flexibility index (Phi) is 4.37. The largest absolute Gasteiger partial charge is 0.355 e. The molecule has 132 valence electrons. The summed E-state index contributed by atoms with van der Waals surface area (Å²) in [5.41, 5.74) is 0.206. The van der Waals surface area contributed by atoms with E-state index in [4.69, 9.17) is 5.26 Å². The summed E-state index contributed by atoms with van der Waals surface area (Å²) in [5.74, 6) is 1.21. The second kappa shape index (κ2) is 6.67. The molecule has 1 aliphatic carbocycles. The number of likely N-dealkylation sites (tertiary alicyclic amines) is 1. The zero-order valence-corrected chi connectivity index (χ0v) is 14.8. The minimum Gasteiger partial charge on any atom is -0.355 e. The second-order valence-electron chi connectivity index (χ2n) is 7.84. The molecule has 1 atom stereocenters. The maximum atomic E-state index is 13.4. The van der Waals surface area contributed by atoms with Crippen LogP contribution in [0.15, 0.2) is 18.2 Å². The summed E-state index contributed by atoms with van der Waals surface area (Å²) in [6, 6.07) is 8.13. The molecule has 2 saturated heterocycles. The third-order valence-electron chi connectivity index (χ3n) is 6.31. The summed E-state index contributed by atoms with van der Waals surface area (Å²) >= 11 is 0. The van der Waals surface area contributed by atoms with Gasteiger partial charge in [0.05, 0.1) is 5.41 Å². The normalized spacial score (nSPS) is 27.7. The van der Waals surface area contributed by atoms with Crippen LogP contribution in [-0.4, -0.2) is 41.5 Å². The van der Waals surface area contributed by atoms with Crippen molar-refractivity contribution in [3.8, 4) is 6.07 Å². The Morgan fingerprint density at radius 2 is 1.96 bits per heavy atom. The number of carbonyl (C=O) groups is 1. The topological polar surface area (TPSA) is 60.2 Å². The minimum absolute atomic E-state index is 0.236. The van der Waals surface area contributed by atoms with Gasteiger partial charge in [-0.1, -0.05) is 25.3 Å². The molecule has 1 aromatic heterocycles. The average molecular weight is 338 g/mol. The summed E-state index contributed by atoms with van der Waals surface area (Å²) in [4.78, 5) is 22.2. The average Bonchev–Trinajstić information content (AvgIpc) is 3.10. The Morgan fingerprint density at radius 3 is 2.76 bits per heavy atom. The molecule has 25 heavy (non-hydrogen) atoms. The lowest BCUT2D eigenvalue weighted by molar-refractivity contribution is -0.148. The van der Waals surface area contributed by atoms with Crippen molar-refractivity contribution in [1.29, 1.82) is 5.26 Å². The highest BCUT2D eigenvalue weighted by atomic mass is 16.2. The Morgan fingerprint density at radius 1 is 1.12 bits per heavy atom. The van der Waals surface area contributed by atoms with Gasteiger partial charge in [-0.05, 0) is 44.2 Å². The molecule has 4 rings (SSSR count). The van der Waals surface area contributed by atoms with Crippen LogP contribution in [0, 0.1) is 16.7 Å². The molecule has 1 aromatic rings. The number of carbonyl (C=O) groups excluding carboxylic acids is 1. The summed E-state index contributed by atoms with van der Waals surface area (Å²) in [6.45, 7) is 2.54. The molecule has 0 unspecified atom stereocenters. The van der Waals surface area contributed by atoms with E-state index in [0.29, 0.717) is 17.6 Å². The Balaban J connectivity index is 1.51. The zero-order valence-electron chi connectivity index (χ0n) is 14.8. The second-order valence-corrected chi connectivity index (χ2v) is 7.84. The number of nitrogens with zero attached hydrogens (tertiary/aromatic N) is 4. The van der Waals surface area contributed by atoms with E-state index in [0.717, 1.165) is 44.7 Å². The van der Waals surface area contributed by atoms with Crippen molar-refractivity contribution in [2.24, 2.45) is 5.41 Å². The summed E-state index contributed by atoms with van der Waals surface area (Å²) in [7, 11) is 0. The number of nitriles is 1. The molecular weight excluding hydrogens is 312 g/mol. The van der Waals surface area contributed by atoms with Crippen molar-refractivity contribution < 1.29 is 4.79 Å². The van der Waals surface area contributed by atoms with E-state index in [1.807, 2.05) is 12.1 Å². The molecule has 2 aliphatic heterocycles. The number of amides is 1. The quantitative estimate of drug-likeness (QED) is 0.831. The van der Waals surface area contributed by atoms with E-state index in [1.54, 1.807) is 6.07 Å². The molecule has 3 heterocycles. The first-order valence-electron chi connectivity index (χ1n) is 9.65. The monoisotopic (exact) mass is 338 g/mol. The highest BCUT2D eigenvalue weighted by Crippen LogP contribution is 2.42. The first-order valence-corrected chi connectivity index (χ1v) is 9.65. The molecule has 1 saturated carbocycles. The van der Waals surface area contributed by atoms with Crippen LogP contribution in [0.3, 0.4) is 0 Å². The van der Waals surface area contributed by atoms with Gasteiger partial charge in [0.2, 0.25) is 5.91 Å². The predicted octanol–water partition coefficient (Wildman–Crippen LogP) is 3.10. The van der Waals surface area contributed by atoms with Gasteiger partial charge in [-0.2, -0.15) is 5.26 Å². The number of rotatable bonds is 2. The van der Waals surface area contributed by atoms with E-state index in [1.165, 1.54) is 32.1 Å². The fourth-order valence-electron chi connectivity index (χ4n) is 4.95. The smallest absolute Gasteiger partial charge is 0.230 e. The molecule has 5 heteroatoms. The predicted molar refractivity (Wildman–Crippen MR) is 96.0 cm³/mol. The van der Waals surface area contributed by atoms with Gasteiger partial charge in [-0.3, -0.25) is 4.79 Å². The maximum Gasteiger partial charge on any atom is 0.230 e. The number of pyridine rings is 1. The molecule has 0 radical (unpaired) electrons. The van der Waals surface area contributed by atoms with Crippen molar-refractivity contribution in [2.75, 3.05) is 24.5 Å². The van der Waals surface area contributed by atoms with E-state index in [-0.39, 0.29) is 5.41 Å². The number of hydrogen-bond donors (Lipinski definition) is 0. The van der Waals surface area contributed by atoms with Crippen LogP contribution >= 0.6 is 0 Å². The minimum atomic E-state index is -0.236. The lowest BCUT2D eigenvalue weighted by Crippen LogP contribution is -2.54. The van der Waals surface area contributed by atoms with Crippen LogP contribution in [0.25, 0.3) is 0 Å². The highest BCUT2D eigenvalue weighted by Gasteiger charge is 2.49. The van der Waals surface area contributed by atoms with Crippen LogP contribution in [0.2, 0.25) is 0 Å². The van der Waals surface area contributed by atoms with Gasteiger partial charge in [-0.15, -0.1) is 0 Å². The number of piperidine rings is 1. The third kappa shape index (κ3) is 2.99. The molecule has 0 bridgehead atoms. The van der Waals surface area contributed by atoms with Gasteiger partial charge in [0.1, 0.15) is 17.6 Å². The van der Waals surface area contributed by atoms with Crippen LogP contribution < -0.4 is 4.90 Å². The van der Waals surface area contributed by atoms with Crippen molar-refractivity contribution in [2.45, 2.75) is 57.4 Å². The molecule has 1 amide bonds. The van der Waals surface area contributed by atoms with Crippen LogP contribution in [0.5, 0.6) is 0 Å². The van der Waals surface area contributed by atoms with Gasteiger partial charge in [-0.25, -0.2) is 4.98 Å². The maximum absolute atomic E-state index is 13.4. The standard InChI is InChI=1S/C20H26N4O/c21-14-16-6-4-9-18(22-16)23-13-11-20(15-23)10-5-12-24(19(20)25)17-7-2-1-3-8-17/h4,6,9,17H,1-3,5,7-8,10-13,15H2/t20-/m1/s1. The van der Waals surface area contributed by atoms with E-state index in [9.17, 15) is 4.79 Å². The Labute approximate surface area is 149 Å². The van der Waals surface area contributed by atoms with Gasteiger partial charge in [0.15, 0.2) is 0 Å². The van der Waals surface area contributed by atoms with Crippen LogP contribution in [0.4, 0.5) is 5.82 Å². The fourth-order valence-corrected chi connectivity index (χ4v) is 4.95. The molecule has 0 aromatic carbocycles. The van der Waals surface area contributed by atoms with E-state index < -0.39 is 0 Å². The molecule has 5 nitrogen and oxygen atoms in total. The lowest BCUT2D eigenvalue weighted by Gasteiger charge is -2.44. The highest BCUT2D eigenvalue weighted by molar-refractivity contribution is 5.85. The number of aromatic nitrogens is 1. The molecule has 3 fully saturated rings. The first-order chi connectivity index (χ1) is 12.2. The molecule has 3 aliphatic rings. The zero-order chi connectivity index (χ0) is 17.3. The fraction of sp³-hybridized carbons (Fsp3) is 0.650. The Bertz CT molecular complexity index is 691. The van der Waals surface area contributed by atoms with E-state index in [2.05, 4.69) is 20.9 Å². The van der Waals surface area contributed by atoms with Crippen molar-refractivity contribution in [3.05, 3.63) is 23.9 Å². The van der Waals surface area contributed by atoms with E-state index >= 15 is 0 Å².